The minimum absolute atomic E-state index is 0.921. The normalized spacial score (nSPS) is 11.3. The van der Waals surface area contributed by atoms with E-state index in [0.29, 0.717) is 0 Å². The fraction of sp³-hybridized carbons (Fsp3) is 0.529. The summed E-state index contributed by atoms with van der Waals surface area (Å²) in [6.45, 7) is 4.22. The van der Waals surface area contributed by atoms with Gasteiger partial charge in [-0.1, -0.05) is 31.5 Å². The summed E-state index contributed by atoms with van der Waals surface area (Å²) in [5, 5.41) is 4.83. The molecule has 3 heteroatoms. The third kappa shape index (κ3) is 4.03. The monoisotopic (exact) mass is 291 g/mol. The van der Waals surface area contributed by atoms with Gasteiger partial charge in [-0.2, -0.15) is 11.8 Å². The molecular formula is C17H25NOS. The van der Waals surface area contributed by atoms with Crippen molar-refractivity contribution in [1.29, 1.82) is 0 Å². The molecular weight excluding hydrogens is 266 g/mol. The second-order valence-corrected chi connectivity index (χ2v) is 6.11. The molecule has 0 unspecified atom stereocenters. The van der Waals surface area contributed by atoms with Gasteiger partial charge in [-0.3, -0.25) is 0 Å². The predicted molar refractivity (Wildman–Crippen MR) is 89.5 cm³/mol. The maximum absolute atomic E-state index is 6.04. The minimum atomic E-state index is 0.921. The molecule has 0 aliphatic carbocycles. The molecule has 0 radical (unpaired) electrons. The number of hydrogen-bond donors (Lipinski definition) is 1. The highest BCUT2D eigenvalue weighted by atomic mass is 32.2. The van der Waals surface area contributed by atoms with Crippen molar-refractivity contribution in [2.45, 2.75) is 39.2 Å². The molecule has 0 spiro atoms. The summed E-state index contributed by atoms with van der Waals surface area (Å²) in [7, 11) is 0. The maximum Gasteiger partial charge on any atom is 0.134 e. The number of furan rings is 1. The number of rotatable bonds is 9. The highest BCUT2D eigenvalue weighted by molar-refractivity contribution is 7.98. The van der Waals surface area contributed by atoms with Gasteiger partial charge in [-0.25, -0.2) is 0 Å². The topological polar surface area (TPSA) is 25.2 Å². The van der Waals surface area contributed by atoms with Crippen molar-refractivity contribution in [3.63, 3.8) is 0 Å². The van der Waals surface area contributed by atoms with E-state index in [1.807, 2.05) is 17.8 Å². The lowest BCUT2D eigenvalue weighted by Crippen LogP contribution is -2.16. The van der Waals surface area contributed by atoms with E-state index < -0.39 is 0 Å². The lowest BCUT2D eigenvalue weighted by atomic mass is 10.1. The molecule has 0 aliphatic rings. The van der Waals surface area contributed by atoms with E-state index in [9.17, 15) is 0 Å². The first-order valence-corrected chi connectivity index (χ1v) is 8.95. The number of unbranched alkanes of at least 4 members (excludes halogenated alkanes) is 1. The van der Waals surface area contributed by atoms with Gasteiger partial charge in [-0.05, 0) is 37.5 Å². The molecule has 20 heavy (non-hydrogen) atoms. The van der Waals surface area contributed by atoms with E-state index in [4.69, 9.17) is 4.42 Å². The smallest absolute Gasteiger partial charge is 0.134 e. The highest BCUT2D eigenvalue weighted by Gasteiger charge is 2.12. The van der Waals surface area contributed by atoms with E-state index in [2.05, 4.69) is 36.7 Å². The first-order valence-electron chi connectivity index (χ1n) is 7.55. The number of aryl methyl sites for hydroxylation is 1. The first-order chi connectivity index (χ1) is 9.86. The van der Waals surface area contributed by atoms with Gasteiger partial charge in [0.05, 0.1) is 0 Å². The standard InChI is InChI=1S/C17H25NOS/c1-3-4-9-17-15(13-18-11-7-12-20-2)14-8-5-6-10-16(14)19-17/h5-6,8,10,18H,3-4,7,9,11-13H2,1-2H3. The summed E-state index contributed by atoms with van der Waals surface area (Å²) >= 11 is 1.91. The largest absolute Gasteiger partial charge is 0.461 e. The molecule has 0 saturated carbocycles. The van der Waals surface area contributed by atoms with Crippen LogP contribution in [0.25, 0.3) is 11.0 Å². The van der Waals surface area contributed by atoms with Crippen LogP contribution in [0.3, 0.4) is 0 Å². The molecule has 1 aromatic heterocycles. The SMILES string of the molecule is CCCCc1oc2ccccc2c1CNCCCSC. The fourth-order valence-corrected chi connectivity index (χ4v) is 2.87. The van der Waals surface area contributed by atoms with E-state index in [0.717, 1.165) is 25.1 Å². The highest BCUT2D eigenvalue weighted by Crippen LogP contribution is 2.27. The van der Waals surface area contributed by atoms with Crippen molar-refractivity contribution in [2.24, 2.45) is 0 Å². The van der Waals surface area contributed by atoms with Crippen LogP contribution >= 0.6 is 11.8 Å². The second-order valence-electron chi connectivity index (χ2n) is 5.13. The van der Waals surface area contributed by atoms with Crippen LogP contribution in [-0.2, 0) is 13.0 Å². The average Bonchev–Trinajstić information content (AvgIpc) is 2.83. The van der Waals surface area contributed by atoms with Crippen LogP contribution in [0.5, 0.6) is 0 Å². The number of benzene rings is 1. The molecule has 1 heterocycles. The third-order valence-corrected chi connectivity index (χ3v) is 4.24. The van der Waals surface area contributed by atoms with Crippen molar-refractivity contribution < 1.29 is 4.42 Å². The Kier molecular flexibility index (Phi) is 6.48. The van der Waals surface area contributed by atoms with Gasteiger partial charge in [-0.15, -0.1) is 0 Å². The molecule has 2 aromatic rings. The molecule has 0 fully saturated rings. The van der Waals surface area contributed by atoms with E-state index in [1.54, 1.807) is 0 Å². The van der Waals surface area contributed by atoms with Crippen LogP contribution in [0.4, 0.5) is 0 Å². The van der Waals surface area contributed by atoms with E-state index in [-0.39, 0.29) is 0 Å². The number of nitrogens with one attached hydrogen (secondary N) is 1. The number of hydrogen-bond acceptors (Lipinski definition) is 3. The molecule has 2 rings (SSSR count). The van der Waals surface area contributed by atoms with Crippen molar-refractivity contribution in [2.75, 3.05) is 18.6 Å². The number of para-hydroxylation sites is 1. The Morgan fingerprint density at radius 3 is 2.85 bits per heavy atom. The van der Waals surface area contributed by atoms with Crippen LogP contribution in [0.1, 0.15) is 37.5 Å². The Hall–Kier alpha value is -0.930. The van der Waals surface area contributed by atoms with Gasteiger partial charge >= 0.3 is 0 Å². The van der Waals surface area contributed by atoms with Crippen molar-refractivity contribution in [3.05, 3.63) is 35.6 Å². The summed E-state index contributed by atoms with van der Waals surface area (Å²) in [5.74, 6) is 2.40. The van der Waals surface area contributed by atoms with E-state index in [1.165, 1.54) is 41.7 Å². The minimum Gasteiger partial charge on any atom is -0.461 e. The summed E-state index contributed by atoms with van der Waals surface area (Å²) in [5.41, 5.74) is 2.39. The Morgan fingerprint density at radius 1 is 1.20 bits per heavy atom. The van der Waals surface area contributed by atoms with Crippen molar-refractivity contribution >= 4 is 22.7 Å². The Balaban J connectivity index is 2.07. The van der Waals surface area contributed by atoms with Crippen LogP contribution in [0, 0.1) is 0 Å². The molecule has 0 aliphatic heterocycles. The fourth-order valence-electron chi connectivity index (χ4n) is 2.44. The van der Waals surface area contributed by atoms with Crippen LogP contribution in [0.2, 0.25) is 0 Å². The molecule has 0 amide bonds. The lowest BCUT2D eigenvalue weighted by Gasteiger charge is -2.05. The summed E-state index contributed by atoms with van der Waals surface area (Å²) in [6, 6.07) is 8.39. The average molecular weight is 291 g/mol. The number of thioether (sulfide) groups is 1. The van der Waals surface area contributed by atoms with E-state index >= 15 is 0 Å². The Morgan fingerprint density at radius 2 is 2.05 bits per heavy atom. The van der Waals surface area contributed by atoms with Gasteiger partial charge < -0.3 is 9.73 Å². The zero-order chi connectivity index (χ0) is 14.2. The quantitative estimate of drug-likeness (QED) is 0.683. The van der Waals surface area contributed by atoms with Crippen molar-refractivity contribution in [1.82, 2.24) is 5.32 Å². The lowest BCUT2D eigenvalue weighted by molar-refractivity contribution is 0.525. The van der Waals surface area contributed by atoms with Gasteiger partial charge in [0, 0.05) is 23.9 Å². The molecule has 0 saturated heterocycles. The van der Waals surface area contributed by atoms with Crippen molar-refractivity contribution in [3.8, 4) is 0 Å². The van der Waals surface area contributed by atoms with Crippen LogP contribution < -0.4 is 5.32 Å². The molecule has 2 nitrogen and oxygen atoms in total. The molecule has 1 N–H and O–H groups in total. The maximum atomic E-state index is 6.04. The second kappa shape index (κ2) is 8.38. The Labute approximate surface area is 126 Å². The predicted octanol–water partition coefficient (Wildman–Crippen LogP) is 4.62. The Bertz CT molecular complexity index is 521. The summed E-state index contributed by atoms with van der Waals surface area (Å²) in [4.78, 5) is 0. The zero-order valence-corrected chi connectivity index (χ0v) is 13.4. The summed E-state index contributed by atoms with van der Waals surface area (Å²) in [6.07, 6.45) is 6.83. The van der Waals surface area contributed by atoms with Crippen LogP contribution in [0.15, 0.2) is 28.7 Å². The van der Waals surface area contributed by atoms with Gasteiger partial charge in [0.1, 0.15) is 11.3 Å². The van der Waals surface area contributed by atoms with Crippen LogP contribution in [-0.4, -0.2) is 18.6 Å². The molecule has 110 valence electrons. The first kappa shape index (κ1) is 15.5. The number of fused-ring (bicyclic) bond motifs is 1. The van der Waals surface area contributed by atoms with Gasteiger partial charge in [0.2, 0.25) is 0 Å². The summed E-state index contributed by atoms with van der Waals surface area (Å²) < 4.78 is 6.04. The third-order valence-electron chi connectivity index (χ3n) is 3.54. The molecule has 1 aromatic carbocycles. The van der Waals surface area contributed by atoms with Gasteiger partial charge in [0.15, 0.2) is 0 Å². The van der Waals surface area contributed by atoms with Gasteiger partial charge in [0.25, 0.3) is 0 Å². The molecule has 0 atom stereocenters. The zero-order valence-electron chi connectivity index (χ0n) is 12.6. The molecule has 0 bridgehead atoms.